The minimum atomic E-state index is 0.832. The highest BCUT2D eigenvalue weighted by atomic mass is 15.1. The molecule has 1 heterocycles. The maximum atomic E-state index is 3.58. The van der Waals surface area contributed by atoms with Crippen molar-refractivity contribution in [2.45, 2.75) is 38.1 Å². The van der Waals surface area contributed by atoms with Crippen LogP contribution in [0.4, 0.5) is 5.69 Å². The third-order valence-electron chi connectivity index (χ3n) is 3.92. The molecule has 0 spiro atoms. The van der Waals surface area contributed by atoms with Gasteiger partial charge in [-0.3, -0.25) is 0 Å². The van der Waals surface area contributed by atoms with Crippen molar-refractivity contribution in [3.8, 4) is 0 Å². The van der Waals surface area contributed by atoms with Gasteiger partial charge in [-0.1, -0.05) is 12.1 Å². The lowest BCUT2D eigenvalue weighted by Gasteiger charge is -2.27. The average Bonchev–Trinajstić information content (AvgIpc) is 3.13. The van der Waals surface area contributed by atoms with Crippen LogP contribution in [0.15, 0.2) is 18.2 Å². The minimum Gasteiger partial charge on any atom is -0.374 e. The second-order valence-corrected chi connectivity index (χ2v) is 5.47. The summed E-state index contributed by atoms with van der Waals surface area (Å²) in [5, 5.41) is 3.58. The van der Waals surface area contributed by atoms with E-state index in [9.17, 15) is 0 Å². The largest absolute Gasteiger partial charge is 0.374 e. The van der Waals surface area contributed by atoms with Gasteiger partial charge in [0, 0.05) is 25.3 Å². The standard InChI is InChI=1S/C15H22N2/c1-17-10-2-3-13-11-12(4-7-15(13)17)8-9-16-14-5-6-14/h4,7,11,14,16H,2-3,5-6,8-10H2,1H3. The van der Waals surface area contributed by atoms with Gasteiger partial charge in [-0.2, -0.15) is 0 Å². The van der Waals surface area contributed by atoms with E-state index in [1.807, 2.05) is 0 Å². The van der Waals surface area contributed by atoms with Gasteiger partial charge in [0.25, 0.3) is 0 Å². The highest BCUT2D eigenvalue weighted by molar-refractivity contribution is 5.56. The van der Waals surface area contributed by atoms with Gasteiger partial charge in [-0.15, -0.1) is 0 Å². The van der Waals surface area contributed by atoms with E-state index in [0.29, 0.717) is 0 Å². The Balaban J connectivity index is 1.64. The number of anilines is 1. The van der Waals surface area contributed by atoms with E-state index in [1.54, 1.807) is 5.56 Å². The van der Waals surface area contributed by atoms with Gasteiger partial charge in [0.15, 0.2) is 0 Å². The number of nitrogens with one attached hydrogen (secondary N) is 1. The molecule has 1 saturated carbocycles. The van der Waals surface area contributed by atoms with Gasteiger partial charge < -0.3 is 10.2 Å². The summed E-state index contributed by atoms with van der Waals surface area (Å²) in [4.78, 5) is 2.38. The van der Waals surface area contributed by atoms with E-state index in [4.69, 9.17) is 0 Å². The quantitative estimate of drug-likeness (QED) is 0.854. The molecule has 1 aromatic rings. The smallest absolute Gasteiger partial charge is 0.0396 e. The molecule has 1 aliphatic carbocycles. The fraction of sp³-hybridized carbons (Fsp3) is 0.600. The van der Waals surface area contributed by atoms with Crippen molar-refractivity contribution < 1.29 is 0 Å². The van der Waals surface area contributed by atoms with Gasteiger partial charge in [0.05, 0.1) is 0 Å². The van der Waals surface area contributed by atoms with Crippen molar-refractivity contribution in [2.75, 3.05) is 25.0 Å². The molecule has 2 heteroatoms. The molecule has 1 fully saturated rings. The van der Waals surface area contributed by atoms with Crippen LogP contribution in [-0.2, 0) is 12.8 Å². The summed E-state index contributed by atoms with van der Waals surface area (Å²) in [6.45, 7) is 2.34. The van der Waals surface area contributed by atoms with E-state index in [0.717, 1.165) is 12.6 Å². The Labute approximate surface area is 104 Å². The molecule has 3 rings (SSSR count). The molecule has 2 nitrogen and oxygen atoms in total. The molecule has 0 unspecified atom stereocenters. The molecule has 0 atom stereocenters. The van der Waals surface area contributed by atoms with Crippen LogP contribution in [0.2, 0.25) is 0 Å². The van der Waals surface area contributed by atoms with Crippen LogP contribution < -0.4 is 10.2 Å². The number of benzene rings is 1. The van der Waals surface area contributed by atoms with Crippen LogP contribution in [0.25, 0.3) is 0 Å². The zero-order chi connectivity index (χ0) is 11.7. The van der Waals surface area contributed by atoms with Crippen LogP contribution in [0.5, 0.6) is 0 Å². The molecular weight excluding hydrogens is 208 g/mol. The summed E-state index contributed by atoms with van der Waals surface area (Å²) < 4.78 is 0. The molecule has 0 bridgehead atoms. The lowest BCUT2D eigenvalue weighted by atomic mass is 9.98. The Hall–Kier alpha value is -1.02. The summed E-state index contributed by atoms with van der Waals surface area (Å²) in [5.41, 5.74) is 4.48. The Morgan fingerprint density at radius 2 is 2.24 bits per heavy atom. The molecule has 17 heavy (non-hydrogen) atoms. The first kappa shape index (κ1) is 11.1. The SMILES string of the molecule is CN1CCCc2cc(CCNC3CC3)ccc21. The van der Waals surface area contributed by atoms with Crippen molar-refractivity contribution in [1.29, 1.82) is 0 Å². The van der Waals surface area contributed by atoms with E-state index in [-0.39, 0.29) is 0 Å². The first-order valence-electron chi connectivity index (χ1n) is 6.89. The summed E-state index contributed by atoms with van der Waals surface area (Å²) in [6.07, 6.45) is 6.49. The topological polar surface area (TPSA) is 15.3 Å². The highest BCUT2D eigenvalue weighted by Crippen LogP contribution is 2.27. The molecule has 2 aliphatic rings. The molecule has 0 amide bonds. The van der Waals surface area contributed by atoms with Gasteiger partial charge in [-0.25, -0.2) is 0 Å². The van der Waals surface area contributed by atoms with Crippen LogP contribution >= 0.6 is 0 Å². The Morgan fingerprint density at radius 1 is 1.35 bits per heavy atom. The molecule has 0 saturated heterocycles. The van der Waals surface area contributed by atoms with Gasteiger partial charge in [-0.05, 0) is 55.8 Å². The number of fused-ring (bicyclic) bond motifs is 1. The van der Waals surface area contributed by atoms with Crippen LogP contribution in [-0.4, -0.2) is 26.2 Å². The first-order chi connectivity index (χ1) is 8.33. The predicted octanol–water partition coefficient (Wildman–Crippen LogP) is 2.36. The normalized spacial score (nSPS) is 19.2. The molecule has 0 radical (unpaired) electrons. The highest BCUT2D eigenvalue weighted by Gasteiger charge is 2.19. The van der Waals surface area contributed by atoms with Crippen molar-refractivity contribution >= 4 is 5.69 Å². The Bertz CT molecular complexity index is 396. The number of aryl methyl sites for hydroxylation is 1. The minimum absolute atomic E-state index is 0.832. The summed E-state index contributed by atoms with van der Waals surface area (Å²) >= 11 is 0. The van der Waals surface area contributed by atoms with Crippen molar-refractivity contribution in [3.63, 3.8) is 0 Å². The third-order valence-corrected chi connectivity index (χ3v) is 3.92. The van der Waals surface area contributed by atoms with Crippen LogP contribution in [0.3, 0.4) is 0 Å². The van der Waals surface area contributed by atoms with E-state index in [1.165, 1.54) is 49.9 Å². The van der Waals surface area contributed by atoms with E-state index < -0.39 is 0 Å². The van der Waals surface area contributed by atoms with Gasteiger partial charge >= 0.3 is 0 Å². The molecule has 1 aromatic carbocycles. The van der Waals surface area contributed by atoms with Crippen LogP contribution in [0.1, 0.15) is 30.4 Å². The Morgan fingerprint density at radius 3 is 3.06 bits per heavy atom. The summed E-state index contributed by atoms with van der Waals surface area (Å²) in [7, 11) is 2.20. The lowest BCUT2D eigenvalue weighted by Crippen LogP contribution is -2.25. The monoisotopic (exact) mass is 230 g/mol. The van der Waals surface area contributed by atoms with Crippen molar-refractivity contribution in [1.82, 2.24) is 5.32 Å². The van der Waals surface area contributed by atoms with Crippen molar-refractivity contribution in [2.24, 2.45) is 0 Å². The summed E-state index contributed by atoms with van der Waals surface area (Å²) in [6, 6.07) is 7.86. The van der Waals surface area contributed by atoms with Gasteiger partial charge in [0.1, 0.15) is 0 Å². The maximum absolute atomic E-state index is 3.58. The Kier molecular flexibility index (Phi) is 3.06. The molecule has 1 aliphatic heterocycles. The summed E-state index contributed by atoms with van der Waals surface area (Å²) in [5.74, 6) is 0. The number of hydrogen-bond acceptors (Lipinski definition) is 2. The molecule has 0 aromatic heterocycles. The second kappa shape index (κ2) is 4.69. The lowest BCUT2D eigenvalue weighted by molar-refractivity contribution is 0.680. The predicted molar refractivity (Wildman–Crippen MR) is 72.8 cm³/mol. The average molecular weight is 230 g/mol. The fourth-order valence-corrected chi connectivity index (χ4v) is 2.70. The third kappa shape index (κ3) is 2.63. The van der Waals surface area contributed by atoms with E-state index >= 15 is 0 Å². The van der Waals surface area contributed by atoms with E-state index in [2.05, 4.69) is 35.5 Å². The molecular formula is C15H22N2. The molecule has 1 N–H and O–H groups in total. The van der Waals surface area contributed by atoms with Gasteiger partial charge in [0.2, 0.25) is 0 Å². The number of hydrogen-bond donors (Lipinski definition) is 1. The number of nitrogens with zero attached hydrogens (tertiary/aromatic N) is 1. The zero-order valence-electron chi connectivity index (χ0n) is 10.7. The second-order valence-electron chi connectivity index (χ2n) is 5.47. The number of rotatable bonds is 4. The maximum Gasteiger partial charge on any atom is 0.0396 e. The van der Waals surface area contributed by atoms with Crippen LogP contribution in [0, 0.1) is 0 Å². The van der Waals surface area contributed by atoms with Crippen molar-refractivity contribution in [3.05, 3.63) is 29.3 Å². The molecule has 92 valence electrons. The fourth-order valence-electron chi connectivity index (χ4n) is 2.70. The first-order valence-corrected chi connectivity index (χ1v) is 6.89. The zero-order valence-corrected chi connectivity index (χ0v) is 10.7.